The molecule has 0 saturated carbocycles. The summed E-state index contributed by atoms with van der Waals surface area (Å²) in [7, 11) is -0.952. The molecule has 0 spiro atoms. The summed E-state index contributed by atoms with van der Waals surface area (Å²) < 4.78 is 40.4. The van der Waals surface area contributed by atoms with Crippen LogP contribution < -0.4 is 27.4 Å². The minimum atomic E-state index is -0.562. The number of benzene rings is 6. The van der Waals surface area contributed by atoms with Crippen molar-refractivity contribution >= 4 is 151 Å². The average Bonchev–Trinajstić information content (AvgIpc) is 1.56. The first-order valence-corrected chi connectivity index (χ1v) is 46.1. The summed E-state index contributed by atoms with van der Waals surface area (Å²) in [6.45, 7) is 32.5. The van der Waals surface area contributed by atoms with E-state index < -0.39 is 26.0 Å². The summed E-state index contributed by atoms with van der Waals surface area (Å²) in [5, 5.41) is 23.9. The first kappa shape index (κ1) is 103. The van der Waals surface area contributed by atoms with Crippen LogP contribution in [0.5, 0.6) is 0 Å². The van der Waals surface area contributed by atoms with Gasteiger partial charge in [0.15, 0.2) is 0 Å². The number of aryl methyl sites for hydroxylation is 2. The first-order valence-electron chi connectivity index (χ1n) is 40.5. The fourth-order valence-corrected chi connectivity index (χ4v) is 16.4. The molecule has 0 bridgehead atoms. The summed E-state index contributed by atoms with van der Waals surface area (Å²) in [4.78, 5) is 76.3. The van der Waals surface area contributed by atoms with Crippen molar-refractivity contribution in [1.82, 2.24) is 0 Å². The van der Waals surface area contributed by atoms with Crippen molar-refractivity contribution in [2.75, 3.05) is 40.6 Å². The van der Waals surface area contributed by atoms with Crippen molar-refractivity contribution in [3.05, 3.63) is 183 Å². The average molecular weight is 1970 g/mol. The molecule has 28 heteroatoms. The molecule has 6 aromatic carbocycles. The van der Waals surface area contributed by atoms with Crippen molar-refractivity contribution in [2.45, 2.75) is 280 Å². The van der Waals surface area contributed by atoms with E-state index in [4.69, 9.17) is 56.7 Å². The minimum absolute atomic E-state index is 0. The molecular formula is C90H118B2Br3CuIN7O14. The second-order valence-corrected chi connectivity index (χ2v) is 33.5. The Labute approximate surface area is 748 Å². The van der Waals surface area contributed by atoms with Crippen LogP contribution in [0.25, 0.3) is 0 Å². The van der Waals surface area contributed by atoms with Crippen molar-refractivity contribution in [1.29, 1.82) is 10.5 Å². The van der Waals surface area contributed by atoms with E-state index in [1.165, 1.54) is 138 Å². The Bertz CT molecular complexity index is 4320. The number of ether oxygens (including phenoxy) is 3. The van der Waals surface area contributed by atoms with E-state index in [0.29, 0.717) is 18.8 Å². The number of esters is 4. The van der Waals surface area contributed by atoms with Gasteiger partial charge in [0, 0.05) is 99.4 Å². The summed E-state index contributed by atoms with van der Waals surface area (Å²) in [6.07, 6.45) is 27.4. The third-order valence-electron chi connectivity index (χ3n) is 22.0. The van der Waals surface area contributed by atoms with E-state index in [9.17, 15) is 33.6 Å². The van der Waals surface area contributed by atoms with E-state index in [-0.39, 0.29) is 69.1 Å². The van der Waals surface area contributed by atoms with Crippen molar-refractivity contribution < 1.29 is 83.5 Å². The van der Waals surface area contributed by atoms with Crippen LogP contribution in [-0.2, 0) is 151 Å². The predicted octanol–water partition coefficient (Wildman–Crippen LogP) is 20.2. The van der Waals surface area contributed by atoms with E-state index in [1.807, 2.05) is 124 Å². The van der Waals surface area contributed by atoms with E-state index >= 15 is 0 Å². The number of anilines is 5. The zero-order valence-electron chi connectivity index (χ0n) is 71.2. The molecule has 7 N–H and O–H groups in total. The van der Waals surface area contributed by atoms with Crippen LogP contribution in [0.4, 0.5) is 28.4 Å². The van der Waals surface area contributed by atoms with Gasteiger partial charge in [0.05, 0.1) is 58.4 Å². The van der Waals surface area contributed by atoms with Gasteiger partial charge < -0.3 is 72.1 Å². The van der Waals surface area contributed by atoms with Gasteiger partial charge in [-0.25, -0.2) is 9.59 Å². The second kappa shape index (κ2) is 50.5. The fourth-order valence-electron chi connectivity index (χ4n) is 15.0. The van der Waals surface area contributed by atoms with Gasteiger partial charge in [-0.3, -0.25) is 24.0 Å². The number of hydrogen-bond donors (Lipinski definition) is 5. The molecule has 2 aliphatic heterocycles. The molecule has 0 atom stereocenters. The number of nitriles is 1. The Kier molecular flexibility index (Phi) is 44.2. The zero-order chi connectivity index (χ0) is 87.0. The summed E-state index contributed by atoms with van der Waals surface area (Å²) >= 11 is 11.4. The number of nitrogens with two attached hydrogens (primary N) is 2. The molecule has 642 valence electrons. The molecule has 0 radical (unpaired) electrons. The van der Waals surface area contributed by atoms with Crippen molar-refractivity contribution in [3.63, 3.8) is 0 Å². The number of halogens is 4. The number of carbonyl (C=O) groups excluding carboxylic acids is 7. The quantitative estimate of drug-likeness (QED) is 0.0180. The van der Waals surface area contributed by atoms with Gasteiger partial charge in [0.1, 0.15) is 0 Å². The van der Waals surface area contributed by atoms with Crippen molar-refractivity contribution in [2.24, 2.45) is 0 Å². The van der Waals surface area contributed by atoms with Gasteiger partial charge in [0.2, 0.25) is 17.7 Å². The van der Waals surface area contributed by atoms with Gasteiger partial charge in [-0.1, -0.05) is 40.2 Å². The van der Waals surface area contributed by atoms with Crippen LogP contribution in [0, 0.1) is 26.7 Å². The minimum Gasteiger partial charge on any atom is -0.512 e. The Balaban J connectivity index is 0.000000284. The maximum atomic E-state index is 11.8. The van der Waals surface area contributed by atoms with Gasteiger partial charge >= 0.3 is 55.0 Å². The molecule has 8 aliphatic rings. The topological polar surface area (TPSA) is 320 Å². The molecule has 21 nitrogen and oxygen atoms in total. The molecule has 2 saturated heterocycles. The number of rotatable bonds is 8. The number of nitrogens with one attached hydrogen (secondary N) is 3. The van der Waals surface area contributed by atoms with Crippen LogP contribution in [0.3, 0.4) is 0 Å². The van der Waals surface area contributed by atoms with Gasteiger partial charge in [0.25, 0.3) is 0 Å². The number of fused-ring (bicyclic) bond motifs is 6. The number of amides is 3. The SMILES string of the molecule is BrBr.CC(=O)Nc1ccc(Br)c2c1CCCC2.CC(=O)Nc1ccc(C#N)c2c1CCCC2.CC(=O)Nc1cccc2c1CCCC2.CC(=O)OC(C)=O.CC1(C)OB(B2OC(C)(C)C(C)(C)O2)OC1(C)C.CCOC(=O)c1ccc(I)c2c1CCCC2.CCOC(=O)c1ccc(N)c2c1CCCC2.Nc1cccc2c1CCCC2.[C-]#N.[Cu+]. The van der Waals surface area contributed by atoms with Gasteiger partial charge in [-0.05, 0) is 373 Å². The third-order valence-corrected chi connectivity index (χ3v) is 23.7. The van der Waals surface area contributed by atoms with E-state index in [1.54, 1.807) is 26.0 Å². The predicted molar refractivity (Wildman–Crippen MR) is 485 cm³/mol. The monoisotopic (exact) mass is 1970 g/mol. The van der Waals surface area contributed by atoms with Crippen molar-refractivity contribution in [3.8, 4) is 6.07 Å². The molecule has 6 aromatic rings. The van der Waals surface area contributed by atoms with E-state index in [0.717, 1.165) is 152 Å². The Morgan fingerprint density at radius 1 is 0.441 bits per heavy atom. The van der Waals surface area contributed by atoms with Gasteiger partial charge in [-0.15, -0.1) is 0 Å². The van der Waals surface area contributed by atoms with Crippen LogP contribution in [0.2, 0.25) is 0 Å². The third kappa shape index (κ3) is 30.3. The normalized spacial score (nSPS) is 16.2. The Morgan fingerprint density at radius 2 is 0.771 bits per heavy atom. The second-order valence-electron chi connectivity index (χ2n) is 31.5. The number of carbonyl (C=O) groups is 7. The maximum Gasteiger partial charge on any atom is 1.00 e. The molecule has 2 heterocycles. The first-order chi connectivity index (χ1) is 55.5. The number of hydrogen-bond acceptors (Lipinski definition) is 18. The molecule has 0 aromatic heterocycles. The fraction of sp³-hybridized carbons (Fsp3) is 0.500. The van der Waals surface area contributed by atoms with Crippen LogP contribution in [0.1, 0.15) is 274 Å². The smallest absolute Gasteiger partial charge is 0.512 e. The van der Waals surface area contributed by atoms with Gasteiger partial charge in [-0.2, -0.15) is 5.26 Å². The standard InChI is InChI=1S/C13H15IO2.C13H14N2O.C13H17NO2.C12H24B2O4.C12H14BrNO.C12H15NO.C10H13N.C4H6O3.CN.Br2.Cu/c1-2-16-13(15)11-7-8-12(14)10-6-4-3-5-9(10)11;1-9(16)15-13-7-6-10(8-14)11-4-2-3-5-12(11)13;1-2-16-13(15)11-7-8-12(14)10-6-4-3-5-9(10)11;1-9(2)10(3,4)16-13(15-9)14-17-11(5,6)12(7,8)18-14;1-8(15)14-12-7-6-11(13)9-4-2-3-5-10(9)12;1-9(14)13-12-8-4-6-10-5-2-3-7-11(10)12;11-10-7-3-5-8-4-1-2-6-9(8)10;1-3(5)7-4(2)6;2*1-2;/h7-8H,2-6H2,1H3;6-7H,2-5H2,1H3,(H,15,16);7-8H,2-6,14H2,1H3;1-8H3;6-7H,2-5H2,1H3,(H,14,15);4,6,8H,2-3,5,7H2,1H3,(H,13,14);3,5,7H,1-2,4,6,11H2;1-2H3;;;/q;;;;;;;;-1;;+1. The Morgan fingerprint density at radius 3 is 1.19 bits per heavy atom. The van der Waals surface area contributed by atoms with Crippen LogP contribution >= 0.6 is 66.8 Å². The number of nitrogens with zero attached hydrogens (tertiary/aromatic N) is 2. The van der Waals surface area contributed by atoms with Crippen LogP contribution in [0.15, 0.2) is 89.4 Å². The maximum absolute atomic E-state index is 11.8. The molecule has 118 heavy (non-hydrogen) atoms. The number of nitrogen functional groups attached to an aromatic ring is 2. The molecular weight excluding hydrogens is 1850 g/mol. The summed E-state index contributed by atoms with van der Waals surface area (Å²) in [5.41, 5.74) is 32.6. The molecule has 2 fully saturated rings. The molecule has 6 aliphatic carbocycles. The molecule has 0 unspecified atom stereocenters. The Hall–Kier alpha value is -6.95. The molecule has 14 rings (SSSR count). The summed E-state index contributed by atoms with van der Waals surface area (Å²) in [6, 6.07) is 29.8. The molecule has 3 amide bonds. The summed E-state index contributed by atoms with van der Waals surface area (Å²) in [5.74, 6) is -1.55. The van der Waals surface area contributed by atoms with E-state index in [2.05, 4.69) is 112 Å². The van der Waals surface area contributed by atoms with Crippen LogP contribution in [-0.4, -0.2) is 91.2 Å². The largest absolute Gasteiger partial charge is 1.00 e. The zero-order valence-corrected chi connectivity index (χ0v) is 79.1.